The van der Waals surface area contributed by atoms with Gasteiger partial charge in [0, 0.05) is 6.92 Å². The average molecular weight is 124 g/mol. The molecule has 0 aromatic rings. The van der Waals surface area contributed by atoms with E-state index in [0.29, 0.717) is 5.05 Å². The largest absolute Gasteiger partial charge is 0.491 e. The molecule has 0 fully saturated rings. The molecule has 0 aromatic carbocycles. The molecule has 0 aliphatic heterocycles. The molecule has 0 spiro atoms. The smallest absolute Gasteiger partial charge is 0.156 e. The van der Waals surface area contributed by atoms with Crippen LogP contribution in [0.4, 0.5) is 0 Å². The van der Waals surface area contributed by atoms with Crippen molar-refractivity contribution in [1.82, 2.24) is 0 Å². The van der Waals surface area contributed by atoms with Gasteiger partial charge in [-0.25, -0.2) is 0 Å². The second-order valence-corrected chi connectivity index (χ2v) is 1.27. The summed E-state index contributed by atoms with van der Waals surface area (Å²) < 4.78 is 4.48. The van der Waals surface area contributed by atoms with Crippen molar-refractivity contribution >= 4 is 30.8 Å². The average Bonchev–Trinajstić information content (AvgIpc) is 1.38. The number of ether oxygens (including phenoxy) is 1. The minimum Gasteiger partial charge on any atom is -0.491 e. The van der Waals surface area contributed by atoms with Crippen molar-refractivity contribution in [3.63, 3.8) is 0 Å². The minimum absolute atomic E-state index is 0. The molecule has 0 bridgehead atoms. The normalized spacial score (nSPS) is 5.67. The molecule has 0 aromatic heterocycles. The van der Waals surface area contributed by atoms with Crippen molar-refractivity contribution in [2.75, 3.05) is 7.11 Å². The van der Waals surface area contributed by atoms with E-state index < -0.39 is 0 Å². The highest BCUT2D eigenvalue weighted by atomic mass is 32.1. The fourth-order valence-corrected chi connectivity index (χ4v) is 0. The van der Waals surface area contributed by atoms with Gasteiger partial charge in [0.1, 0.15) is 0 Å². The van der Waals surface area contributed by atoms with Gasteiger partial charge in [-0.05, 0) is 12.2 Å². The molecule has 0 heterocycles. The number of rotatable bonds is 0. The molecule has 0 N–H and O–H groups in total. The predicted molar refractivity (Wildman–Crippen MR) is 35.7 cm³/mol. The van der Waals surface area contributed by atoms with Crippen LogP contribution in [0, 0.1) is 0 Å². The highest BCUT2D eigenvalue weighted by Crippen LogP contribution is 1.68. The Morgan fingerprint density at radius 1 is 1.67 bits per heavy atom. The highest BCUT2D eigenvalue weighted by Gasteiger charge is 1.69. The second-order valence-electron chi connectivity index (χ2n) is 0.696. The lowest BCUT2D eigenvalue weighted by Crippen LogP contribution is -1.84. The van der Waals surface area contributed by atoms with Gasteiger partial charge in [-0.2, -0.15) is 13.5 Å². The molecule has 0 saturated carbocycles. The molecule has 0 aliphatic carbocycles. The van der Waals surface area contributed by atoms with Crippen molar-refractivity contribution < 1.29 is 4.74 Å². The van der Waals surface area contributed by atoms with Gasteiger partial charge >= 0.3 is 0 Å². The van der Waals surface area contributed by atoms with Crippen LogP contribution >= 0.6 is 25.7 Å². The van der Waals surface area contributed by atoms with E-state index in [-0.39, 0.29) is 13.5 Å². The molecular formula is C3H8OS2. The van der Waals surface area contributed by atoms with Crippen molar-refractivity contribution in [3.05, 3.63) is 0 Å². The zero-order valence-electron chi connectivity index (χ0n) is 3.82. The van der Waals surface area contributed by atoms with Crippen molar-refractivity contribution in [1.29, 1.82) is 0 Å². The van der Waals surface area contributed by atoms with E-state index >= 15 is 0 Å². The minimum atomic E-state index is 0. The highest BCUT2D eigenvalue weighted by molar-refractivity contribution is 7.80. The van der Waals surface area contributed by atoms with Gasteiger partial charge < -0.3 is 4.74 Å². The maximum absolute atomic E-state index is 4.48. The Bertz CT molecular complexity index is 44.1. The summed E-state index contributed by atoms with van der Waals surface area (Å²) in [6.07, 6.45) is 0. The Labute approximate surface area is 50.1 Å². The molecule has 6 heavy (non-hydrogen) atoms. The van der Waals surface area contributed by atoms with Gasteiger partial charge in [0.25, 0.3) is 0 Å². The maximum Gasteiger partial charge on any atom is 0.156 e. The van der Waals surface area contributed by atoms with E-state index in [4.69, 9.17) is 0 Å². The van der Waals surface area contributed by atoms with Gasteiger partial charge in [-0.15, -0.1) is 0 Å². The van der Waals surface area contributed by atoms with Crippen molar-refractivity contribution in [2.24, 2.45) is 0 Å². The van der Waals surface area contributed by atoms with Crippen LogP contribution in [-0.2, 0) is 4.74 Å². The summed E-state index contributed by atoms with van der Waals surface area (Å²) in [6, 6.07) is 0. The van der Waals surface area contributed by atoms with Crippen LogP contribution < -0.4 is 0 Å². The zero-order chi connectivity index (χ0) is 4.28. The fraction of sp³-hybridized carbons (Fsp3) is 0.667. The summed E-state index contributed by atoms with van der Waals surface area (Å²) >= 11 is 4.47. The Morgan fingerprint density at radius 3 is 1.83 bits per heavy atom. The predicted octanol–water partition coefficient (Wildman–Crippen LogP) is 1.09. The van der Waals surface area contributed by atoms with Crippen LogP contribution in [0.1, 0.15) is 6.92 Å². The third-order valence-electron chi connectivity index (χ3n) is 0.287. The first kappa shape index (κ1) is 9.53. The molecule has 0 saturated heterocycles. The number of thiocarbonyl (C=S) groups is 1. The molecule has 0 aliphatic rings. The topological polar surface area (TPSA) is 9.23 Å². The Hall–Kier alpha value is 0.240. The molecule has 0 atom stereocenters. The summed E-state index contributed by atoms with van der Waals surface area (Å²) in [5.41, 5.74) is 0. The third-order valence-corrected chi connectivity index (χ3v) is 0.454. The van der Waals surface area contributed by atoms with Gasteiger partial charge in [0.15, 0.2) is 5.05 Å². The zero-order valence-corrected chi connectivity index (χ0v) is 5.63. The van der Waals surface area contributed by atoms with Crippen LogP contribution in [0.3, 0.4) is 0 Å². The lowest BCUT2D eigenvalue weighted by Gasteiger charge is -1.85. The molecule has 0 unspecified atom stereocenters. The van der Waals surface area contributed by atoms with E-state index in [1.807, 2.05) is 0 Å². The summed E-state index contributed by atoms with van der Waals surface area (Å²) in [7, 11) is 1.56. The molecule has 1 nitrogen and oxygen atoms in total. The summed E-state index contributed by atoms with van der Waals surface area (Å²) in [6.45, 7) is 1.73. The number of hydrogen-bond donors (Lipinski definition) is 0. The lowest BCUT2D eigenvalue weighted by atomic mass is 10.9. The van der Waals surface area contributed by atoms with Crippen LogP contribution in [0.15, 0.2) is 0 Å². The van der Waals surface area contributed by atoms with E-state index in [1.165, 1.54) is 0 Å². The van der Waals surface area contributed by atoms with E-state index in [9.17, 15) is 0 Å². The molecule has 0 amide bonds. The molecular weight excluding hydrogens is 116 g/mol. The van der Waals surface area contributed by atoms with Gasteiger partial charge in [0.2, 0.25) is 0 Å². The van der Waals surface area contributed by atoms with Crippen molar-refractivity contribution in [3.8, 4) is 0 Å². The van der Waals surface area contributed by atoms with Crippen LogP contribution in [-0.4, -0.2) is 12.2 Å². The lowest BCUT2D eigenvalue weighted by molar-refractivity contribution is 0.411. The number of methoxy groups -OCH3 is 1. The number of hydrogen-bond acceptors (Lipinski definition) is 2. The first-order chi connectivity index (χ1) is 2.27. The Kier molecular flexibility index (Phi) is 8.32. The van der Waals surface area contributed by atoms with Gasteiger partial charge in [-0.1, -0.05) is 0 Å². The standard InChI is InChI=1S/C3H6OS.H2S/c1-3(5)4-2;/h1-2H3;1H2. The summed E-state index contributed by atoms with van der Waals surface area (Å²) in [5.74, 6) is 0. The molecule has 3 heteroatoms. The van der Waals surface area contributed by atoms with Crippen LogP contribution in [0.25, 0.3) is 0 Å². The van der Waals surface area contributed by atoms with Crippen LogP contribution in [0.2, 0.25) is 0 Å². The Balaban J connectivity index is 0. The van der Waals surface area contributed by atoms with Crippen molar-refractivity contribution in [2.45, 2.75) is 6.92 Å². The monoisotopic (exact) mass is 124 g/mol. The third kappa shape index (κ3) is 8.87. The van der Waals surface area contributed by atoms with E-state index in [0.717, 1.165) is 0 Å². The Morgan fingerprint density at radius 2 is 1.83 bits per heavy atom. The first-order valence-electron chi connectivity index (χ1n) is 1.32. The summed E-state index contributed by atoms with van der Waals surface area (Å²) in [4.78, 5) is 0. The second kappa shape index (κ2) is 5.24. The fourth-order valence-electron chi connectivity index (χ4n) is 0. The molecule has 38 valence electrons. The van der Waals surface area contributed by atoms with Gasteiger partial charge in [-0.3, -0.25) is 0 Å². The van der Waals surface area contributed by atoms with E-state index in [1.54, 1.807) is 14.0 Å². The summed E-state index contributed by atoms with van der Waals surface area (Å²) in [5, 5.41) is 0.588. The van der Waals surface area contributed by atoms with Gasteiger partial charge in [0.05, 0.1) is 7.11 Å². The quantitative estimate of drug-likeness (QED) is 0.447. The molecule has 0 radical (unpaired) electrons. The maximum atomic E-state index is 4.48. The molecule has 0 rings (SSSR count). The van der Waals surface area contributed by atoms with E-state index in [2.05, 4.69) is 17.0 Å². The SMILES string of the molecule is COC(C)=S.S. The van der Waals surface area contributed by atoms with Crippen LogP contribution in [0.5, 0.6) is 0 Å². The first-order valence-corrected chi connectivity index (χ1v) is 1.72.